The number of phenols is 1. The van der Waals surface area contributed by atoms with Crippen LogP contribution in [0, 0.1) is 6.92 Å². The minimum atomic E-state index is -1.15. The monoisotopic (exact) mass is 258 g/mol. The number of rotatable bonds is 3. The van der Waals surface area contributed by atoms with Gasteiger partial charge in [-0.2, -0.15) is 0 Å². The maximum Gasteiger partial charge on any atom is 0.339 e. The Hall–Kier alpha value is -2.49. The number of aryl methyl sites for hydroxylation is 1. The molecule has 0 fully saturated rings. The number of hydrogen-bond acceptors (Lipinski definition) is 3. The van der Waals surface area contributed by atoms with E-state index in [9.17, 15) is 9.90 Å². The van der Waals surface area contributed by atoms with Gasteiger partial charge in [0.2, 0.25) is 0 Å². The van der Waals surface area contributed by atoms with Gasteiger partial charge in [-0.3, -0.25) is 0 Å². The molecule has 0 saturated heterocycles. The number of carbonyl (C=O) groups is 1. The molecule has 0 aliphatic rings. The van der Waals surface area contributed by atoms with Crippen LogP contribution >= 0.6 is 0 Å². The highest BCUT2D eigenvalue weighted by molar-refractivity contribution is 5.92. The molecule has 2 rings (SSSR count). The minimum Gasteiger partial charge on any atom is -0.507 e. The van der Waals surface area contributed by atoms with Gasteiger partial charge in [0.1, 0.15) is 17.1 Å². The standard InChI is InChI=1S/C15H14O4/c1-9-3-6-14(19-2)12(7-9)10-4-5-11(15(17)18)13(16)8-10/h3-8,16H,1-2H3,(H,17,18). The van der Waals surface area contributed by atoms with E-state index < -0.39 is 5.97 Å². The first-order chi connectivity index (χ1) is 9.02. The quantitative estimate of drug-likeness (QED) is 0.887. The van der Waals surface area contributed by atoms with Crippen LogP contribution in [0.1, 0.15) is 15.9 Å². The Balaban J connectivity index is 2.56. The van der Waals surface area contributed by atoms with Crippen molar-refractivity contribution >= 4 is 5.97 Å². The summed E-state index contributed by atoms with van der Waals surface area (Å²) < 4.78 is 5.27. The number of carboxylic acid groups (broad SMARTS) is 1. The molecular formula is C15H14O4. The van der Waals surface area contributed by atoms with Crippen LogP contribution in [0.2, 0.25) is 0 Å². The molecular weight excluding hydrogens is 244 g/mol. The summed E-state index contributed by atoms with van der Waals surface area (Å²) in [5.74, 6) is -0.734. The van der Waals surface area contributed by atoms with Crippen LogP contribution in [0.5, 0.6) is 11.5 Å². The molecule has 0 radical (unpaired) electrons. The number of aromatic carboxylic acids is 1. The third-order valence-electron chi connectivity index (χ3n) is 2.89. The van der Waals surface area contributed by atoms with Crippen LogP contribution in [0.25, 0.3) is 11.1 Å². The van der Waals surface area contributed by atoms with Crippen LogP contribution in [0.15, 0.2) is 36.4 Å². The third-order valence-corrected chi connectivity index (χ3v) is 2.89. The fourth-order valence-electron chi connectivity index (χ4n) is 1.93. The van der Waals surface area contributed by atoms with E-state index in [1.54, 1.807) is 13.2 Å². The maximum absolute atomic E-state index is 10.9. The average Bonchev–Trinajstić information content (AvgIpc) is 2.38. The number of ether oxygens (including phenoxy) is 1. The molecule has 4 heteroatoms. The summed E-state index contributed by atoms with van der Waals surface area (Å²) in [6.07, 6.45) is 0. The molecule has 0 saturated carbocycles. The van der Waals surface area contributed by atoms with Crippen molar-refractivity contribution in [2.45, 2.75) is 6.92 Å². The highest BCUT2D eigenvalue weighted by Gasteiger charge is 2.12. The van der Waals surface area contributed by atoms with Gasteiger partial charge in [0.05, 0.1) is 7.11 Å². The Morgan fingerprint density at radius 2 is 1.89 bits per heavy atom. The number of benzene rings is 2. The topological polar surface area (TPSA) is 66.8 Å². The van der Waals surface area contributed by atoms with Gasteiger partial charge in [0, 0.05) is 5.56 Å². The zero-order valence-corrected chi connectivity index (χ0v) is 10.7. The van der Waals surface area contributed by atoms with Gasteiger partial charge in [0.25, 0.3) is 0 Å². The molecule has 0 aliphatic heterocycles. The van der Waals surface area contributed by atoms with Crippen LogP contribution < -0.4 is 4.74 Å². The lowest BCUT2D eigenvalue weighted by Crippen LogP contribution is -1.97. The molecule has 98 valence electrons. The molecule has 0 heterocycles. The van der Waals surface area contributed by atoms with Crippen LogP contribution in [0.4, 0.5) is 0 Å². The van der Waals surface area contributed by atoms with Gasteiger partial charge in [-0.15, -0.1) is 0 Å². The molecule has 0 spiro atoms. The highest BCUT2D eigenvalue weighted by Crippen LogP contribution is 2.33. The minimum absolute atomic E-state index is 0.115. The Labute approximate surface area is 110 Å². The number of methoxy groups -OCH3 is 1. The van der Waals surface area contributed by atoms with Gasteiger partial charge in [0.15, 0.2) is 0 Å². The van der Waals surface area contributed by atoms with E-state index in [0.29, 0.717) is 11.3 Å². The number of aromatic hydroxyl groups is 1. The molecule has 0 bridgehead atoms. The summed E-state index contributed by atoms with van der Waals surface area (Å²) in [6, 6.07) is 10.2. The molecule has 0 amide bonds. The van der Waals surface area contributed by atoms with E-state index in [1.807, 2.05) is 25.1 Å². The van der Waals surface area contributed by atoms with E-state index in [2.05, 4.69) is 0 Å². The van der Waals surface area contributed by atoms with Crippen molar-refractivity contribution in [2.75, 3.05) is 7.11 Å². The summed E-state index contributed by atoms with van der Waals surface area (Å²) in [7, 11) is 1.57. The van der Waals surface area contributed by atoms with Gasteiger partial charge >= 0.3 is 5.97 Å². The molecule has 0 unspecified atom stereocenters. The molecule has 4 nitrogen and oxygen atoms in total. The molecule has 19 heavy (non-hydrogen) atoms. The fraction of sp³-hybridized carbons (Fsp3) is 0.133. The lowest BCUT2D eigenvalue weighted by molar-refractivity contribution is 0.0694. The summed E-state index contributed by atoms with van der Waals surface area (Å²) >= 11 is 0. The smallest absolute Gasteiger partial charge is 0.339 e. The third kappa shape index (κ3) is 2.52. The van der Waals surface area contributed by atoms with E-state index in [0.717, 1.165) is 11.1 Å². The Bertz CT molecular complexity index is 632. The van der Waals surface area contributed by atoms with Crippen LogP contribution in [0.3, 0.4) is 0 Å². The van der Waals surface area contributed by atoms with Crippen molar-refractivity contribution in [3.63, 3.8) is 0 Å². The number of hydrogen-bond donors (Lipinski definition) is 2. The predicted octanol–water partition coefficient (Wildman–Crippen LogP) is 3.07. The molecule has 0 atom stereocenters. The zero-order chi connectivity index (χ0) is 14.0. The molecule has 2 aromatic rings. The van der Waals surface area contributed by atoms with Crippen molar-refractivity contribution in [3.05, 3.63) is 47.5 Å². The van der Waals surface area contributed by atoms with E-state index in [-0.39, 0.29) is 11.3 Å². The highest BCUT2D eigenvalue weighted by atomic mass is 16.5. The Morgan fingerprint density at radius 3 is 2.47 bits per heavy atom. The first kappa shape index (κ1) is 13.0. The normalized spacial score (nSPS) is 10.2. The lowest BCUT2D eigenvalue weighted by atomic mass is 10.0. The van der Waals surface area contributed by atoms with Crippen LogP contribution in [-0.4, -0.2) is 23.3 Å². The van der Waals surface area contributed by atoms with Crippen molar-refractivity contribution in [3.8, 4) is 22.6 Å². The van der Waals surface area contributed by atoms with Crippen molar-refractivity contribution < 1.29 is 19.7 Å². The van der Waals surface area contributed by atoms with Crippen LogP contribution in [-0.2, 0) is 0 Å². The van der Waals surface area contributed by atoms with Crippen molar-refractivity contribution in [1.29, 1.82) is 0 Å². The second-order valence-corrected chi connectivity index (χ2v) is 4.24. The summed E-state index contributed by atoms with van der Waals surface area (Å²) in [5, 5.41) is 18.6. The first-order valence-corrected chi connectivity index (χ1v) is 5.74. The second kappa shape index (κ2) is 5.02. The van der Waals surface area contributed by atoms with Gasteiger partial charge < -0.3 is 14.9 Å². The fourth-order valence-corrected chi connectivity index (χ4v) is 1.93. The summed E-state index contributed by atoms with van der Waals surface area (Å²) in [4.78, 5) is 10.9. The van der Waals surface area contributed by atoms with E-state index in [4.69, 9.17) is 9.84 Å². The van der Waals surface area contributed by atoms with Crippen molar-refractivity contribution in [1.82, 2.24) is 0 Å². The van der Waals surface area contributed by atoms with Crippen molar-refractivity contribution in [2.24, 2.45) is 0 Å². The molecule has 0 aromatic heterocycles. The van der Waals surface area contributed by atoms with E-state index >= 15 is 0 Å². The van der Waals surface area contributed by atoms with Gasteiger partial charge in [-0.1, -0.05) is 17.7 Å². The largest absolute Gasteiger partial charge is 0.507 e. The van der Waals surface area contributed by atoms with Gasteiger partial charge in [-0.05, 0) is 36.8 Å². The Morgan fingerprint density at radius 1 is 1.16 bits per heavy atom. The number of carboxylic acids is 1. The van der Waals surface area contributed by atoms with Gasteiger partial charge in [-0.25, -0.2) is 4.79 Å². The average molecular weight is 258 g/mol. The zero-order valence-electron chi connectivity index (χ0n) is 10.7. The second-order valence-electron chi connectivity index (χ2n) is 4.24. The SMILES string of the molecule is COc1ccc(C)cc1-c1ccc(C(=O)O)c(O)c1. The first-order valence-electron chi connectivity index (χ1n) is 5.74. The Kier molecular flexibility index (Phi) is 3.42. The lowest BCUT2D eigenvalue weighted by Gasteiger charge is -2.10. The maximum atomic E-state index is 10.9. The molecule has 2 aromatic carbocycles. The van der Waals surface area contributed by atoms with E-state index in [1.165, 1.54) is 12.1 Å². The summed E-state index contributed by atoms with van der Waals surface area (Å²) in [6.45, 7) is 1.95. The summed E-state index contributed by atoms with van der Waals surface area (Å²) in [5.41, 5.74) is 2.46. The molecule has 0 aliphatic carbocycles. The predicted molar refractivity (Wildman–Crippen MR) is 71.8 cm³/mol. The molecule has 2 N–H and O–H groups in total.